The van der Waals surface area contributed by atoms with Crippen LogP contribution < -0.4 is 0 Å². The number of likely N-dealkylation sites (tertiary alicyclic amines) is 1. The molecule has 0 amide bonds. The summed E-state index contributed by atoms with van der Waals surface area (Å²) in [5, 5.41) is 22.7. The van der Waals surface area contributed by atoms with E-state index in [-0.39, 0.29) is 17.6 Å². The number of fused-ring (bicyclic) bond motifs is 5. The van der Waals surface area contributed by atoms with Crippen molar-refractivity contribution in [2.45, 2.75) is 95.9 Å². The van der Waals surface area contributed by atoms with Crippen LogP contribution in [0.15, 0.2) is 0 Å². The van der Waals surface area contributed by atoms with E-state index in [1.54, 1.807) is 0 Å². The number of hydrogen-bond donors (Lipinski definition) is 2. The normalized spacial score (nSPS) is 54.8. The van der Waals surface area contributed by atoms with Crippen LogP contribution in [-0.4, -0.2) is 83.7 Å². The Balaban J connectivity index is 1.25. The second-order valence-electron chi connectivity index (χ2n) is 12.9. The van der Waals surface area contributed by atoms with Crippen LogP contribution in [0.4, 0.5) is 0 Å². The monoisotopic (exact) mass is 446 g/mol. The van der Waals surface area contributed by atoms with E-state index in [4.69, 9.17) is 4.74 Å². The zero-order valence-corrected chi connectivity index (χ0v) is 20.4. The molecule has 182 valence electrons. The number of hydrogen-bond acceptors (Lipinski definition) is 5. The van der Waals surface area contributed by atoms with Crippen molar-refractivity contribution in [1.29, 1.82) is 0 Å². The number of aliphatic hydroxyl groups is 2. The molecule has 0 aromatic rings. The van der Waals surface area contributed by atoms with Gasteiger partial charge in [-0.3, -0.25) is 9.80 Å². The molecule has 2 aliphatic heterocycles. The zero-order valence-electron chi connectivity index (χ0n) is 20.4. The molecular formula is C27H46N2O3. The average Bonchev–Trinajstić information content (AvgIpc) is 3.41. The minimum atomic E-state index is -0.176. The largest absolute Gasteiger partial charge is 0.391 e. The van der Waals surface area contributed by atoms with Gasteiger partial charge in [-0.2, -0.15) is 0 Å². The summed E-state index contributed by atoms with van der Waals surface area (Å²) >= 11 is 0. The standard InChI is InChI=1S/C27H46N2O3/c1-26-8-7-20-19(21(26)16-22(25(26)31)28-9-3-4-10-28)6-5-18-15-24(30)23(17-27(18,20)2)29-11-13-32-14-12-29/h18-25,30-31H,3-17H2,1-2H3/t18-,19+,20-,21-,22-,23-,24-,25+,26-,27-/m0/s1. The summed E-state index contributed by atoms with van der Waals surface area (Å²) in [6.45, 7) is 11.0. The summed E-state index contributed by atoms with van der Waals surface area (Å²) in [5.74, 6) is 2.87. The molecular weight excluding hydrogens is 400 g/mol. The SMILES string of the molecule is C[C@]12C[C@H](N3CCOCC3)[C@@H](O)C[C@@H]1CC[C@@H]1[C@@H]2CC[C@]2(C)[C@H](O)[C@@H](N3CCCC3)C[C@@H]12. The summed E-state index contributed by atoms with van der Waals surface area (Å²) in [5.41, 5.74) is 0.443. The van der Waals surface area contributed by atoms with E-state index in [1.807, 2.05) is 0 Å². The fourth-order valence-electron chi connectivity index (χ4n) is 9.97. The van der Waals surface area contributed by atoms with Gasteiger partial charge in [-0.05, 0) is 105 Å². The molecule has 0 aromatic carbocycles. The highest BCUT2D eigenvalue weighted by molar-refractivity contribution is 5.14. The Kier molecular flexibility index (Phi) is 5.70. The van der Waals surface area contributed by atoms with Crippen molar-refractivity contribution < 1.29 is 14.9 Å². The first-order chi connectivity index (χ1) is 15.4. The smallest absolute Gasteiger partial charge is 0.0751 e. The first kappa shape index (κ1) is 22.3. The Morgan fingerprint density at radius 3 is 2.25 bits per heavy atom. The molecule has 0 unspecified atom stereocenters. The molecule has 0 radical (unpaired) electrons. The van der Waals surface area contributed by atoms with E-state index in [2.05, 4.69) is 23.6 Å². The van der Waals surface area contributed by atoms with Gasteiger partial charge in [0.2, 0.25) is 0 Å². The second kappa shape index (κ2) is 8.19. The average molecular weight is 447 g/mol. The molecule has 2 saturated heterocycles. The molecule has 5 heteroatoms. The van der Waals surface area contributed by atoms with Crippen molar-refractivity contribution in [3.8, 4) is 0 Å². The van der Waals surface area contributed by atoms with Crippen LogP contribution in [0.3, 0.4) is 0 Å². The Hall–Kier alpha value is -0.200. The summed E-state index contributed by atoms with van der Waals surface area (Å²) in [6.07, 6.45) is 10.7. The minimum Gasteiger partial charge on any atom is -0.391 e. The Morgan fingerprint density at radius 1 is 0.781 bits per heavy atom. The van der Waals surface area contributed by atoms with Gasteiger partial charge in [-0.1, -0.05) is 13.8 Å². The van der Waals surface area contributed by atoms with E-state index in [1.165, 1.54) is 58.0 Å². The predicted molar refractivity (Wildman–Crippen MR) is 125 cm³/mol. The number of aliphatic hydroxyl groups excluding tert-OH is 2. The van der Waals surface area contributed by atoms with Crippen LogP contribution in [-0.2, 0) is 4.74 Å². The van der Waals surface area contributed by atoms with E-state index >= 15 is 0 Å². The highest BCUT2D eigenvalue weighted by atomic mass is 16.5. The predicted octanol–water partition coefficient (Wildman–Crippen LogP) is 3.14. The fraction of sp³-hybridized carbons (Fsp3) is 1.00. The van der Waals surface area contributed by atoms with Crippen molar-refractivity contribution in [1.82, 2.24) is 9.80 Å². The van der Waals surface area contributed by atoms with Crippen LogP contribution >= 0.6 is 0 Å². The number of morpholine rings is 1. The van der Waals surface area contributed by atoms with Gasteiger partial charge in [0, 0.05) is 25.2 Å². The zero-order chi connectivity index (χ0) is 22.1. The lowest BCUT2D eigenvalue weighted by Gasteiger charge is -2.62. The molecule has 0 bridgehead atoms. The molecule has 4 aliphatic carbocycles. The van der Waals surface area contributed by atoms with Gasteiger partial charge in [0.15, 0.2) is 0 Å². The maximum atomic E-state index is 11.5. The lowest BCUT2D eigenvalue weighted by Crippen LogP contribution is -2.61. The molecule has 32 heavy (non-hydrogen) atoms. The first-order valence-corrected chi connectivity index (χ1v) is 13.8. The highest BCUT2D eigenvalue weighted by Gasteiger charge is 2.63. The summed E-state index contributed by atoms with van der Waals surface area (Å²) in [7, 11) is 0. The summed E-state index contributed by atoms with van der Waals surface area (Å²) < 4.78 is 5.61. The molecule has 6 rings (SSSR count). The quantitative estimate of drug-likeness (QED) is 0.683. The number of nitrogens with zero attached hydrogens (tertiary/aromatic N) is 2. The van der Waals surface area contributed by atoms with Crippen LogP contribution in [0.1, 0.15) is 71.6 Å². The van der Waals surface area contributed by atoms with Gasteiger partial charge in [0.1, 0.15) is 0 Å². The molecule has 5 nitrogen and oxygen atoms in total. The van der Waals surface area contributed by atoms with E-state index in [0.717, 1.165) is 51.0 Å². The van der Waals surface area contributed by atoms with Crippen molar-refractivity contribution in [2.75, 3.05) is 39.4 Å². The third kappa shape index (κ3) is 3.28. The van der Waals surface area contributed by atoms with Crippen LogP contribution in [0, 0.1) is 34.5 Å². The van der Waals surface area contributed by atoms with Gasteiger partial charge in [0.25, 0.3) is 0 Å². The molecule has 0 spiro atoms. The van der Waals surface area contributed by atoms with E-state index in [0.29, 0.717) is 29.3 Å². The number of ether oxygens (including phenoxy) is 1. The minimum absolute atomic E-state index is 0.107. The Morgan fingerprint density at radius 2 is 1.50 bits per heavy atom. The van der Waals surface area contributed by atoms with Crippen molar-refractivity contribution in [3.63, 3.8) is 0 Å². The summed E-state index contributed by atoms with van der Waals surface area (Å²) in [4.78, 5) is 5.16. The molecule has 6 fully saturated rings. The molecule has 4 saturated carbocycles. The molecule has 10 atom stereocenters. The number of rotatable bonds is 2. The highest BCUT2D eigenvalue weighted by Crippen LogP contribution is 2.66. The summed E-state index contributed by atoms with van der Waals surface area (Å²) in [6, 6.07) is 0.699. The topological polar surface area (TPSA) is 56.2 Å². The lowest BCUT2D eigenvalue weighted by atomic mass is 9.44. The molecule has 2 heterocycles. The molecule has 0 aromatic heterocycles. The van der Waals surface area contributed by atoms with Crippen LogP contribution in [0.5, 0.6) is 0 Å². The molecule has 6 aliphatic rings. The Labute approximate surface area is 194 Å². The third-order valence-corrected chi connectivity index (χ3v) is 11.8. The van der Waals surface area contributed by atoms with Crippen molar-refractivity contribution >= 4 is 0 Å². The van der Waals surface area contributed by atoms with Gasteiger partial charge in [-0.15, -0.1) is 0 Å². The fourth-order valence-corrected chi connectivity index (χ4v) is 9.97. The lowest BCUT2D eigenvalue weighted by molar-refractivity contribution is -0.158. The van der Waals surface area contributed by atoms with E-state index in [9.17, 15) is 10.2 Å². The van der Waals surface area contributed by atoms with Crippen LogP contribution in [0.25, 0.3) is 0 Å². The van der Waals surface area contributed by atoms with Gasteiger partial charge < -0.3 is 14.9 Å². The van der Waals surface area contributed by atoms with Gasteiger partial charge in [0.05, 0.1) is 25.4 Å². The van der Waals surface area contributed by atoms with Gasteiger partial charge in [-0.25, -0.2) is 0 Å². The van der Waals surface area contributed by atoms with Gasteiger partial charge >= 0.3 is 0 Å². The van der Waals surface area contributed by atoms with E-state index < -0.39 is 0 Å². The molecule has 2 N–H and O–H groups in total. The second-order valence-corrected chi connectivity index (χ2v) is 12.9. The third-order valence-electron chi connectivity index (χ3n) is 11.8. The van der Waals surface area contributed by atoms with Crippen molar-refractivity contribution in [3.05, 3.63) is 0 Å². The van der Waals surface area contributed by atoms with Crippen LogP contribution in [0.2, 0.25) is 0 Å². The van der Waals surface area contributed by atoms with Crippen molar-refractivity contribution in [2.24, 2.45) is 34.5 Å². The maximum absolute atomic E-state index is 11.5. The Bertz CT molecular complexity index is 692. The maximum Gasteiger partial charge on any atom is 0.0751 e. The first-order valence-electron chi connectivity index (χ1n) is 13.8.